The highest BCUT2D eigenvalue weighted by Gasteiger charge is 2.31. The quantitative estimate of drug-likeness (QED) is 0.576. The molecule has 0 radical (unpaired) electrons. The van der Waals surface area contributed by atoms with E-state index in [1.165, 1.54) is 36.5 Å². The first-order valence-electron chi connectivity index (χ1n) is 10.3. The molecule has 1 aliphatic heterocycles. The van der Waals surface area contributed by atoms with Crippen molar-refractivity contribution in [2.24, 2.45) is 0 Å². The molecule has 1 aliphatic rings. The zero-order chi connectivity index (χ0) is 25.3. The molecule has 3 rings (SSSR count). The second kappa shape index (κ2) is 9.84. The van der Waals surface area contributed by atoms with Gasteiger partial charge < -0.3 is 10.1 Å². The molecule has 1 saturated heterocycles. The van der Waals surface area contributed by atoms with Gasteiger partial charge in [-0.25, -0.2) is 25.6 Å². The van der Waals surface area contributed by atoms with E-state index >= 15 is 0 Å². The summed E-state index contributed by atoms with van der Waals surface area (Å²) in [4.78, 5) is 13.0. The third-order valence-corrected chi connectivity index (χ3v) is 8.51. The third kappa shape index (κ3) is 5.31. The Morgan fingerprint density at radius 2 is 1.71 bits per heavy atom. The van der Waals surface area contributed by atoms with Crippen LogP contribution in [0.1, 0.15) is 19.8 Å². The molecule has 1 fully saturated rings. The predicted molar refractivity (Wildman–Crippen MR) is 123 cm³/mol. The van der Waals surface area contributed by atoms with Gasteiger partial charge in [-0.3, -0.25) is 9.10 Å². The molecule has 9 nitrogen and oxygen atoms in total. The van der Waals surface area contributed by atoms with Crippen molar-refractivity contribution in [1.82, 2.24) is 4.31 Å². The van der Waals surface area contributed by atoms with Crippen molar-refractivity contribution in [2.45, 2.75) is 30.7 Å². The topological polar surface area (TPSA) is 113 Å². The minimum Gasteiger partial charge on any atom is -0.495 e. The van der Waals surface area contributed by atoms with Gasteiger partial charge in [0.15, 0.2) is 11.6 Å². The number of ether oxygens (including phenoxy) is 1. The van der Waals surface area contributed by atoms with Crippen molar-refractivity contribution in [3.05, 3.63) is 48.0 Å². The molecule has 1 unspecified atom stereocenters. The Labute approximate surface area is 197 Å². The number of rotatable bonds is 8. The molecule has 13 heteroatoms. The smallest absolute Gasteiger partial charge is 0.248 e. The normalized spacial score (nSPS) is 15.7. The lowest BCUT2D eigenvalue weighted by atomic mass is 10.2. The highest BCUT2D eigenvalue weighted by Crippen LogP contribution is 2.31. The summed E-state index contributed by atoms with van der Waals surface area (Å²) in [6, 6.07) is 5.03. The van der Waals surface area contributed by atoms with E-state index in [9.17, 15) is 30.4 Å². The Hall–Kier alpha value is -2.77. The van der Waals surface area contributed by atoms with E-state index in [0.29, 0.717) is 23.5 Å². The number of nitrogens with one attached hydrogen (secondary N) is 1. The van der Waals surface area contributed by atoms with Gasteiger partial charge in [-0.05, 0) is 50.1 Å². The monoisotopic (exact) mass is 517 g/mol. The first-order chi connectivity index (χ1) is 15.9. The number of hydrogen-bond acceptors (Lipinski definition) is 6. The zero-order valence-corrected chi connectivity index (χ0v) is 20.4. The summed E-state index contributed by atoms with van der Waals surface area (Å²) < 4.78 is 84.9. The Morgan fingerprint density at radius 3 is 2.26 bits per heavy atom. The first-order valence-corrected chi connectivity index (χ1v) is 13.6. The molecular formula is C21H25F2N3O6S2. The Morgan fingerprint density at radius 1 is 1.06 bits per heavy atom. The van der Waals surface area contributed by atoms with Crippen molar-refractivity contribution in [3.63, 3.8) is 0 Å². The second-order valence-corrected chi connectivity index (χ2v) is 11.6. The number of halogens is 2. The maximum atomic E-state index is 13.7. The Bertz CT molecular complexity index is 1300. The van der Waals surface area contributed by atoms with Crippen molar-refractivity contribution >= 4 is 37.3 Å². The van der Waals surface area contributed by atoms with Crippen molar-refractivity contribution in [3.8, 4) is 5.75 Å². The number of methoxy groups -OCH3 is 1. The van der Waals surface area contributed by atoms with Gasteiger partial charge in [0.05, 0.1) is 29.6 Å². The van der Waals surface area contributed by atoms with Crippen molar-refractivity contribution < 1.29 is 35.1 Å². The maximum Gasteiger partial charge on any atom is 0.248 e. The Kier molecular flexibility index (Phi) is 7.48. The molecule has 0 saturated carbocycles. The average molecular weight is 518 g/mol. The van der Waals surface area contributed by atoms with Gasteiger partial charge in [-0.15, -0.1) is 0 Å². The second-order valence-electron chi connectivity index (χ2n) is 7.80. The molecule has 1 atom stereocenters. The predicted octanol–water partition coefficient (Wildman–Crippen LogP) is 2.55. The summed E-state index contributed by atoms with van der Waals surface area (Å²) in [5, 5.41) is 2.49. The van der Waals surface area contributed by atoms with Crippen LogP contribution >= 0.6 is 0 Å². The van der Waals surface area contributed by atoms with Crippen molar-refractivity contribution in [2.75, 3.05) is 36.1 Å². The van der Waals surface area contributed by atoms with Crippen LogP contribution in [-0.4, -0.2) is 59.5 Å². The summed E-state index contributed by atoms with van der Waals surface area (Å²) in [5.74, 6) is -3.14. The van der Waals surface area contributed by atoms with Crippen molar-refractivity contribution in [1.29, 1.82) is 0 Å². The summed E-state index contributed by atoms with van der Waals surface area (Å²) in [5.41, 5.74) is -0.236. The molecule has 34 heavy (non-hydrogen) atoms. The SMILES string of the molecule is COc1ccc(S(=O)(=O)N2CCCC2)cc1NC(=O)C(C)N(c1ccc(F)c(F)c1)S(C)(=O)=O. The Balaban J connectivity index is 1.94. The highest BCUT2D eigenvalue weighted by molar-refractivity contribution is 7.92. The minimum absolute atomic E-state index is 0.0124. The molecule has 1 amide bonds. The standard InChI is InChI=1S/C21H25F2N3O6S2/c1-14(26(33(3,28)29)15-6-8-17(22)18(23)12-15)21(27)24-19-13-16(7-9-20(19)32-2)34(30,31)25-10-4-5-11-25/h6-9,12-14H,4-5,10-11H2,1-3H3,(H,24,27). The van der Waals surface area contributed by atoms with E-state index in [2.05, 4.69) is 5.32 Å². The molecule has 1 N–H and O–H groups in total. The summed E-state index contributed by atoms with van der Waals surface area (Å²) in [7, 11) is -6.56. The fourth-order valence-corrected chi connectivity index (χ4v) is 6.40. The van der Waals surface area contributed by atoms with Crippen LogP contribution in [0.15, 0.2) is 41.3 Å². The van der Waals surface area contributed by atoms with E-state index in [1.54, 1.807) is 0 Å². The van der Waals surface area contributed by atoms with Gasteiger partial charge in [0.2, 0.25) is 26.0 Å². The molecule has 2 aromatic carbocycles. The van der Waals surface area contributed by atoms with Gasteiger partial charge in [-0.1, -0.05) is 0 Å². The summed E-state index contributed by atoms with van der Waals surface area (Å²) in [6.07, 6.45) is 2.32. The van der Waals surface area contributed by atoms with Gasteiger partial charge in [0.1, 0.15) is 11.8 Å². The van der Waals surface area contributed by atoms with E-state index in [1.807, 2.05) is 0 Å². The third-order valence-electron chi connectivity index (χ3n) is 5.38. The van der Waals surface area contributed by atoms with Crippen LogP contribution < -0.4 is 14.4 Å². The highest BCUT2D eigenvalue weighted by atomic mass is 32.2. The molecule has 1 heterocycles. The van der Waals surface area contributed by atoms with Gasteiger partial charge >= 0.3 is 0 Å². The molecule has 0 bridgehead atoms. The fraction of sp³-hybridized carbons (Fsp3) is 0.381. The van der Waals surface area contributed by atoms with Crippen LogP contribution in [0.2, 0.25) is 0 Å². The molecule has 0 aromatic heterocycles. The zero-order valence-electron chi connectivity index (χ0n) is 18.8. The molecule has 0 aliphatic carbocycles. The lowest BCUT2D eigenvalue weighted by Gasteiger charge is -2.28. The lowest BCUT2D eigenvalue weighted by Crippen LogP contribution is -2.45. The van der Waals surface area contributed by atoms with E-state index in [4.69, 9.17) is 4.74 Å². The van der Waals surface area contributed by atoms with Gasteiger partial charge in [0, 0.05) is 19.2 Å². The first kappa shape index (κ1) is 25.8. The van der Waals surface area contributed by atoms with E-state index in [0.717, 1.165) is 31.2 Å². The number of anilines is 2. The van der Waals surface area contributed by atoms with Crippen LogP contribution in [0.3, 0.4) is 0 Å². The molecule has 2 aromatic rings. The van der Waals surface area contributed by atoms with E-state index in [-0.39, 0.29) is 22.0 Å². The molecular weight excluding hydrogens is 492 g/mol. The number of carbonyl (C=O) groups is 1. The van der Waals surface area contributed by atoms with Crippen LogP contribution in [0.25, 0.3) is 0 Å². The van der Waals surface area contributed by atoms with Gasteiger partial charge in [0.25, 0.3) is 0 Å². The average Bonchev–Trinajstić information content (AvgIpc) is 3.31. The lowest BCUT2D eigenvalue weighted by molar-refractivity contribution is -0.116. The molecule has 0 spiro atoms. The summed E-state index contributed by atoms with van der Waals surface area (Å²) >= 11 is 0. The largest absolute Gasteiger partial charge is 0.495 e. The van der Waals surface area contributed by atoms with Gasteiger partial charge in [-0.2, -0.15) is 4.31 Å². The molecule has 186 valence electrons. The van der Waals surface area contributed by atoms with Crippen LogP contribution in [-0.2, 0) is 24.8 Å². The maximum absolute atomic E-state index is 13.7. The number of amides is 1. The number of sulfonamides is 2. The van der Waals surface area contributed by atoms with Crippen LogP contribution in [0.4, 0.5) is 20.2 Å². The number of nitrogens with zero attached hydrogens (tertiary/aromatic N) is 2. The minimum atomic E-state index is -4.09. The fourth-order valence-electron chi connectivity index (χ4n) is 3.69. The van der Waals surface area contributed by atoms with Crippen LogP contribution in [0, 0.1) is 11.6 Å². The van der Waals surface area contributed by atoms with Crippen LogP contribution in [0.5, 0.6) is 5.75 Å². The number of carbonyl (C=O) groups excluding carboxylic acids is 1. The van der Waals surface area contributed by atoms with E-state index < -0.39 is 43.6 Å². The number of benzene rings is 2. The number of hydrogen-bond donors (Lipinski definition) is 1. The summed E-state index contributed by atoms with van der Waals surface area (Å²) in [6.45, 7) is 2.05.